The van der Waals surface area contributed by atoms with Crippen LogP contribution in [0.15, 0.2) is 53.5 Å². The van der Waals surface area contributed by atoms with Crippen LogP contribution in [0.2, 0.25) is 0 Å². The molecule has 0 saturated carbocycles. The fourth-order valence-corrected chi connectivity index (χ4v) is 2.68. The molecule has 4 N–H and O–H groups in total. The number of carboxylic acids is 1. The number of ketones is 1. The van der Waals surface area contributed by atoms with Gasteiger partial charge in [0.1, 0.15) is 11.8 Å². The number of ether oxygens (including phenoxy) is 1. The zero-order chi connectivity index (χ0) is 23.5. The van der Waals surface area contributed by atoms with E-state index in [0.717, 1.165) is 0 Å². The zero-order valence-corrected chi connectivity index (χ0v) is 16.9. The molecule has 10 nitrogen and oxygen atoms in total. The van der Waals surface area contributed by atoms with Gasteiger partial charge in [0, 0.05) is 17.5 Å². The van der Waals surface area contributed by atoms with Crippen molar-refractivity contribution in [2.75, 3.05) is 6.61 Å². The molecule has 0 bridgehead atoms. The highest BCUT2D eigenvalue weighted by atomic mass is 16.5. The number of benzene rings is 2. The fourth-order valence-electron chi connectivity index (χ4n) is 2.68. The first kappa shape index (κ1) is 24.0. The second kappa shape index (κ2) is 11.8. The van der Waals surface area contributed by atoms with Crippen molar-refractivity contribution in [1.82, 2.24) is 5.32 Å². The first-order valence-electron chi connectivity index (χ1n) is 9.56. The summed E-state index contributed by atoms with van der Waals surface area (Å²) in [7, 11) is 0. The van der Waals surface area contributed by atoms with Gasteiger partial charge in [-0.3, -0.25) is 14.4 Å². The number of carboxylic acid groups (broad SMARTS) is 1. The number of nitrogens with two attached hydrogens (primary N) is 1. The van der Waals surface area contributed by atoms with Crippen molar-refractivity contribution in [2.24, 2.45) is 10.7 Å². The van der Waals surface area contributed by atoms with Crippen molar-refractivity contribution in [2.45, 2.75) is 25.3 Å². The van der Waals surface area contributed by atoms with Gasteiger partial charge in [0.15, 0.2) is 5.78 Å². The van der Waals surface area contributed by atoms with Crippen molar-refractivity contribution in [3.8, 4) is 5.75 Å². The van der Waals surface area contributed by atoms with E-state index >= 15 is 0 Å². The molecular weight excluding hydrogens is 418 g/mol. The van der Waals surface area contributed by atoms with Crippen LogP contribution in [-0.2, 0) is 19.2 Å². The Labute approximate surface area is 183 Å². The quantitative estimate of drug-likeness (QED) is 0.256. The van der Waals surface area contributed by atoms with E-state index in [1.807, 2.05) is 0 Å². The predicted octanol–water partition coefficient (Wildman–Crippen LogP) is 1.49. The van der Waals surface area contributed by atoms with Gasteiger partial charge in [0.05, 0.1) is 18.7 Å². The minimum absolute atomic E-state index is 0.0139. The van der Waals surface area contributed by atoms with Gasteiger partial charge in [0.25, 0.3) is 0 Å². The lowest BCUT2D eigenvalue weighted by Crippen LogP contribution is -2.41. The van der Waals surface area contributed by atoms with Crippen LogP contribution in [0, 0.1) is 0 Å². The zero-order valence-electron chi connectivity index (χ0n) is 16.9. The van der Waals surface area contributed by atoms with E-state index in [0.29, 0.717) is 22.6 Å². The van der Waals surface area contributed by atoms with Gasteiger partial charge in [-0.15, -0.1) is 0 Å². The average Bonchev–Trinajstić information content (AvgIpc) is 2.77. The molecule has 1 atom stereocenters. The molecule has 2 aromatic rings. The summed E-state index contributed by atoms with van der Waals surface area (Å²) in [5.74, 6) is -2.26. The van der Waals surface area contributed by atoms with Crippen LogP contribution in [0.5, 0.6) is 5.75 Å². The second-order valence-electron chi connectivity index (χ2n) is 6.67. The number of primary amides is 1. The van der Waals surface area contributed by atoms with Gasteiger partial charge in [0.2, 0.25) is 17.9 Å². The number of isocyanates is 1. The van der Waals surface area contributed by atoms with Crippen molar-refractivity contribution < 1.29 is 33.8 Å². The van der Waals surface area contributed by atoms with E-state index in [1.54, 1.807) is 36.4 Å². The molecule has 0 saturated heterocycles. The van der Waals surface area contributed by atoms with Crippen molar-refractivity contribution in [1.29, 1.82) is 0 Å². The van der Waals surface area contributed by atoms with E-state index < -0.39 is 23.8 Å². The lowest BCUT2D eigenvalue weighted by atomic mass is 10.0. The van der Waals surface area contributed by atoms with E-state index in [1.165, 1.54) is 18.2 Å². The topological polar surface area (TPSA) is 165 Å². The Bertz CT molecular complexity index is 1030. The first-order valence-corrected chi connectivity index (χ1v) is 9.56. The molecular formula is C22H21N3O7. The lowest BCUT2D eigenvalue weighted by Gasteiger charge is -2.14. The summed E-state index contributed by atoms with van der Waals surface area (Å²) in [5, 5.41) is 11.4. The highest BCUT2D eigenvalue weighted by Gasteiger charge is 2.20. The molecule has 2 aromatic carbocycles. The number of nitrogens with zero attached hydrogens (tertiary/aromatic N) is 1. The molecule has 0 radical (unpaired) electrons. The van der Waals surface area contributed by atoms with Crippen molar-refractivity contribution in [3.05, 3.63) is 59.7 Å². The molecule has 1 unspecified atom stereocenters. The molecule has 0 aliphatic rings. The maximum Gasteiger partial charge on any atom is 0.326 e. The van der Waals surface area contributed by atoms with E-state index in [9.17, 15) is 24.0 Å². The van der Waals surface area contributed by atoms with E-state index in [-0.39, 0.29) is 31.7 Å². The summed E-state index contributed by atoms with van der Waals surface area (Å²) in [5.41, 5.74) is 6.23. The standard InChI is InChI=1S/C22H21N3O7/c23-19(27)10-9-18(22(30)31)25-20(28)11-12-32-17-7-3-15(4-8-17)21(29)14-1-5-16(6-2-14)24-13-26/h1-8,18H,9-12H2,(H2,23,27)(H,25,28)(H,30,31). The van der Waals surface area contributed by atoms with Crippen molar-refractivity contribution >= 4 is 35.3 Å². The highest BCUT2D eigenvalue weighted by molar-refractivity contribution is 6.09. The maximum absolute atomic E-state index is 12.5. The number of rotatable bonds is 12. The Morgan fingerprint density at radius 3 is 2.12 bits per heavy atom. The van der Waals surface area contributed by atoms with Crippen LogP contribution in [0.1, 0.15) is 35.2 Å². The number of nitrogens with one attached hydrogen (secondary N) is 1. The summed E-state index contributed by atoms with van der Waals surface area (Å²) >= 11 is 0. The SMILES string of the molecule is NC(=O)CCC(NC(=O)CCOc1ccc(C(=O)c2ccc(N=C=O)cc2)cc1)C(=O)O. The summed E-state index contributed by atoms with van der Waals surface area (Å²) in [4.78, 5) is 60.0. The molecule has 0 aliphatic carbocycles. The molecule has 2 rings (SSSR count). The molecule has 2 amide bonds. The fraction of sp³-hybridized carbons (Fsp3) is 0.227. The number of carbonyl (C=O) groups is 4. The molecule has 32 heavy (non-hydrogen) atoms. The van der Waals surface area contributed by atoms with E-state index in [4.69, 9.17) is 15.6 Å². The number of aliphatic carboxylic acids is 1. The Hall–Kier alpha value is -4.30. The van der Waals surface area contributed by atoms with Gasteiger partial charge in [-0.2, -0.15) is 4.99 Å². The summed E-state index contributed by atoms with van der Waals surface area (Å²) in [6, 6.07) is 11.2. The van der Waals surface area contributed by atoms with Crippen LogP contribution < -0.4 is 15.8 Å². The second-order valence-corrected chi connectivity index (χ2v) is 6.67. The first-order chi connectivity index (χ1) is 15.3. The third-order valence-electron chi connectivity index (χ3n) is 4.33. The molecule has 0 aromatic heterocycles. The van der Waals surface area contributed by atoms with Crippen LogP contribution in [-0.4, -0.2) is 47.4 Å². The minimum atomic E-state index is -1.26. The third-order valence-corrected chi connectivity index (χ3v) is 4.33. The normalized spacial score (nSPS) is 11.0. The third kappa shape index (κ3) is 7.51. The van der Waals surface area contributed by atoms with Gasteiger partial charge >= 0.3 is 5.97 Å². The largest absolute Gasteiger partial charge is 0.493 e. The number of hydrogen-bond donors (Lipinski definition) is 3. The van der Waals surface area contributed by atoms with Gasteiger partial charge in [-0.05, 0) is 55.0 Å². The Kier molecular flexibility index (Phi) is 8.82. The van der Waals surface area contributed by atoms with Crippen LogP contribution >= 0.6 is 0 Å². The van der Waals surface area contributed by atoms with Crippen molar-refractivity contribution in [3.63, 3.8) is 0 Å². The molecule has 0 heterocycles. The lowest BCUT2D eigenvalue weighted by molar-refractivity contribution is -0.142. The summed E-state index contributed by atoms with van der Waals surface area (Å²) < 4.78 is 5.46. The van der Waals surface area contributed by atoms with Gasteiger partial charge in [-0.25, -0.2) is 9.59 Å². The predicted molar refractivity (Wildman–Crippen MR) is 112 cm³/mol. The minimum Gasteiger partial charge on any atom is -0.493 e. The van der Waals surface area contributed by atoms with Crippen LogP contribution in [0.3, 0.4) is 0 Å². The highest BCUT2D eigenvalue weighted by Crippen LogP contribution is 2.18. The number of aliphatic imine (C=N–C) groups is 1. The van der Waals surface area contributed by atoms with Crippen LogP contribution in [0.4, 0.5) is 5.69 Å². The Morgan fingerprint density at radius 2 is 1.59 bits per heavy atom. The van der Waals surface area contributed by atoms with Gasteiger partial charge in [-0.1, -0.05) is 0 Å². The van der Waals surface area contributed by atoms with Gasteiger partial charge < -0.3 is 20.9 Å². The molecule has 0 spiro atoms. The molecule has 166 valence electrons. The molecule has 0 fully saturated rings. The summed E-state index contributed by atoms with van der Waals surface area (Å²) in [6.45, 7) is -0.0139. The van der Waals surface area contributed by atoms with Crippen LogP contribution in [0.25, 0.3) is 0 Å². The maximum atomic E-state index is 12.5. The Morgan fingerprint density at radius 1 is 1.00 bits per heavy atom. The average molecular weight is 439 g/mol. The summed E-state index contributed by atoms with van der Waals surface area (Å²) in [6.07, 6.45) is 1.07. The Balaban J connectivity index is 1.85. The molecule has 0 aliphatic heterocycles. The number of carbonyl (C=O) groups excluding carboxylic acids is 4. The molecule has 10 heteroatoms. The smallest absolute Gasteiger partial charge is 0.326 e. The monoisotopic (exact) mass is 439 g/mol. The van der Waals surface area contributed by atoms with E-state index in [2.05, 4.69) is 10.3 Å². The number of amides is 2. The number of hydrogen-bond acceptors (Lipinski definition) is 7.